The quantitative estimate of drug-likeness (QED) is 0.670. The van der Waals surface area contributed by atoms with Crippen LogP contribution in [0.4, 0.5) is 4.79 Å². The van der Waals surface area contributed by atoms with Gasteiger partial charge in [-0.15, -0.1) is 0 Å². The molecule has 0 aromatic heterocycles. The highest BCUT2D eigenvalue weighted by Gasteiger charge is 2.38. The molecule has 168 valence electrons. The van der Waals surface area contributed by atoms with Crippen LogP contribution in [0, 0.1) is 5.92 Å². The Kier molecular flexibility index (Phi) is 7.68. The zero-order valence-electron chi connectivity index (χ0n) is 18.4. The number of likely N-dealkylation sites (N-methyl/N-ethyl adjacent to an activating group) is 1. The molecule has 2 amide bonds. The first-order valence-electron chi connectivity index (χ1n) is 10.8. The van der Waals surface area contributed by atoms with E-state index in [1.165, 1.54) is 4.90 Å². The second kappa shape index (κ2) is 10.4. The Hall–Kier alpha value is -2.87. The van der Waals surface area contributed by atoms with Crippen LogP contribution in [-0.2, 0) is 19.1 Å². The van der Waals surface area contributed by atoms with E-state index in [1.54, 1.807) is 20.9 Å². The van der Waals surface area contributed by atoms with Gasteiger partial charge in [0.2, 0.25) is 0 Å². The van der Waals surface area contributed by atoms with Crippen molar-refractivity contribution in [3.63, 3.8) is 0 Å². The van der Waals surface area contributed by atoms with Crippen LogP contribution in [0.1, 0.15) is 38.3 Å². The number of nitrogens with zero attached hydrogens (tertiary/aromatic N) is 2. The summed E-state index contributed by atoms with van der Waals surface area (Å²) in [6, 6.07) is 8.52. The van der Waals surface area contributed by atoms with E-state index in [2.05, 4.69) is 10.2 Å². The lowest BCUT2D eigenvalue weighted by molar-refractivity contribution is -0.150. The van der Waals surface area contributed by atoms with Gasteiger partial charge in [-0.05, 0) is 38.8 Å². The molecular formula is C23H31N3O5. The number of amides is 2. The van der Waals surface area contributed by atoms with E-state index in [-0.39, 0.29) is 24.5 Å². The molecule has 1 fully saturated rings. The summed E-state index contributed by atoms with van der Waals surface area (Å²) in [6.45, 7) is 5.84. The van der Waals surface area contributed by atoms with Crippen molar-refractivity contribution in [3.8, 4) is 0 Å². The van der Waals surface area contributed by atoms with Crippen LogP contribution in [0.3, 0.4) is 0 Å². The van der Waals surface area contributed by atoms with Crippen molar-refractivity contribution in [2.75, 3.05) is 39.9 Å². The van der Waals surface area contributed by atoms with Gasteiger partial charge in [0.15, 0.2) is 0 Å². The summed E-state index contributed by atoms with van der Waals surface area (Å²) >= 11 is 0. The van der Waals surface area contributed by atoms with Crippen LogP contribution in [0.25, 0.3) is 0 Å². The summed E-state index contributed by atoms with van der Waals surface area (Å²) in [5.41, 5.74) is 1.83. The number of esters is 2. The monoisotopic (exact) mass is 429 g/mol. The maximum Gasteiger partial charge on any atom is 0.338 e. The molecule has 0 radical (unpaired) electrons. The van der Waals surface area contributed by atoms with Gasteiger partial charge in [0.05, 0.1) is 30.7 Å². The summed E-state index contributed by atoms with van der Waals surface area (Å²) in [7, 11) is 1.65. The summed E-state index contributed by atoms with van der Waals surface area (Å²) < 4.78 is 10.6. The average Bonchev–Trinajstić information content (AvgIpc) is 2.78. The molecule has 2 unspecified atom stereocenters. The third-order valence-corrected chi connectivity index (χ3v) is 5.70. The normalized spacial score (nSPS) is 22.2. The molecule has 2 atom stereocenters. The third kappa shape index (κ3) is 5.25. The number of hydrogen-bond acceptors (Lipinski definition) is 6. The van der Waals surface area contributed by atoms with Crippen molar-refractivity contribution in [3.05, 3.63) is 47.2 Å². The second-order valence-corrected chi connectivity index (χ2v) is 7.76. The Bertz CT molecular complexity index is 839. The van der Waals surface area contributed by atoms with E-state index >= 15 is 0 Å². The Labute approximate surface area is 183 Å². The topological polar surface area (TPSA) is 88.2 Å². The van der Waals surface area contributed by atoms with Gasteiger partial charge >= 0.3 is 18.0 Å². The molecule has 0 aliphatic carbocycles. The van der Waals surface area contributed by atoms with Crippen LogP contribution < -0.4 is 5.32 Å². The molecule has 1 saturated heterocycles. The first-order chi connectivity index (χ1) is 15.0. The number of carbonyl (C=O) groups excluding carboxylic acids is 3. The molecule has 0 saturated carbocycles. The lowest BCUT2D eigenvalue weighted by Gasteiger charge is -2.38. The Morgan fingerprint density at radius 2 is 1.84 bits per heavy atom. The van der Waals surface area contributed by atoms with Crippen molar-refractivity contribution < 1.29 is 23.9 Å². The van der Waals surface area contributed by atoms with Crippen molar-refractivity contribution in [2.45, 2.75) is 32.7 Å². The van der Waals surface area contributed by atoms with E-state index < -0.39 is 12.0 Å². The van der Waals surface area contributed by atoms with Gasteiger partial charge in [0, 0.05) is 25.8 Å². The van der Waals surface area contributed by atoms with Gasteiger partial charge in [-0.25, -0.2) is 9.59 Å². The number of rotatable bonds is 7. The number of piperidine rings is 1. The molecule has 0 spiro atoms. The van der Waals surface area contributed by atoms with Crippen molar-refractivity contribution in [1.29, 1.82) is 0 Å². The first kappa shape index (κ1) is 22.8. The number of likely N-dealkylation sites (tertiary alicyclic amines) is 1. The van der Waals surface area contributed by atoms with Crippen LogP contribution in [0.2, 0.25) is 0 Å². The van der Waals surface area contributed by atoms with E-state index in [4.69, 9.17) is 9.47 Å². The predicted octanol–water partition coefficient (Wildman–Crippen LogP) is 2.48. The maximum absolute atomic E-state index is 13.0. The van der Waals surface area contributed by atoms with Gasteiger partial charge in [-0.2, -0.15) is 0 Å². The first-order valence-corrected chi connectivity index (χ1v) is 10.8. The molecule has 3 rings (SSSR count). The molecular weight excluding hydrogens is 398 g/mol. The Morgan fingerprint density at radius 1 is 1.13 bits per heavy atom. The highest BCUT2D eigenvalue weighted by molar-refractivity contribution is 5.95. The van der Waals surface area contributed by atoms with Gasteiger partial charge in [0.25, 0.3) is 0 Å². The highest BCUT2D eigenvalue weighted by Crippen LogP contribution is 2.32. The standard InChI is InChI=1S/C23H31N3O5/c1-4-30-21(27)17-12-9-13-26(14-17)15-18-19(22(28)31-5-2)20(24-23(29)25(18)3)16-10-7-6-8-11-16/h6-8,10-11,17,20H,4-5,9,12-15H2,1-3H3,(H,24,29). The van der Waals surface area contributed by atoms with E-state index in [1.807, 2.05) is 30.3 Å². The predicted molar refractivity (Wildman–Crippen MR) is 115 cm³/mol. The summed E-state index contributed by atoms with van der Waals surface area (Å²) in [5, 5.41) is 2.92. The van der Waals surface area contributed by atoms with Gasteiger partial charge in [0.1, 0.15) is 0 Å². The molecule has 2 aliphatic rings. The Balaban J connectivity index is 1.94. The fraction of sp³-hybridized carbons (Fsp3) is 0.522. The second-order valence-electron chi connectivity index (χ2n) is 7.76. The Morgan fingerprint density at radius 3 is 2.52 bits per heavy atom. The number of nitrogens with one attached hydrogen (secondary N) is 1. The highest BCUT2D eigenvalue weighted by atomic mass is 16.5. The minimum absolute atomic E-state index is 0.191. The summed E-state index contributed by atoms with van der Waals surface area (Å²) in [6.07, 6.45) is 1.63. The number of carbonyl (C=O) groups is 3. The van der Waals surface area contributed by atoms with Crippen LogP contribution in [0.15, 0.2) is 41.6 Å². The minimum Gasteiger partial charge on any atom is -0.466 e. The van der Waals surface area contributed by atoms with Crippen molar-refractivity contribution in [2.24, 2.45) is 5.92 Å². The third-order valence-electron chi connectivity index (χ3n) is 5.70. The van der Waals surface area contributed by atoms with Crippen LogP contribution >= 0.6 is 0 Å². The number of ether oxygens (including phenoxy) is 2. The lowest BCUT2D eigenvalue weighted by atomic mass is 9.93. The molecule has 2 aliphatic heterocycles. The van der Waals surface area contributed by atoms with Gasteiger partial charge < -0.3 is 14.8 Å². The minimum atomic E-state index is -0.593. The number of benzene rings is 1. The zero-order chi connectivity index (χ0) is 22.4. The molecule has 1 N–H and O–H groups in total. The summed E-state index contributed by atoms with van der Waals surface area (Å²) in [4.78, 5) is 41.6. The van der Waals surface area contributed by atoms with E-state index in [9.17, 15) is 14.4 Å². The largest absolute Gasteiger partial charge is 0.466 e. The lowest BCUT2D eigenvalue weighted by Crippen LogP contribution is -2.50. The van der Waals surface area contributed by atoms with Crippen molar-refractivity contribution in [1.82, 2.24) is 15.1 Å². The smallest absolute Gasteiger partial charge is 0.338 e. The SMILES string of the molecule is CCOC(=O)C1=C(CN2CCCC(C(=O)OCC)C2)N(C)C(=O)NC1c1ccccc1. The molecule has 31 heavy (non-hydrogen) atoms. The van der Waals surface area contributed by atoms with E-state index in [0.717, 1.165) is 24.9 Å². The molecule has 8 heteroatoms. The van der Waals surface area contributed by atoms with Crippen LogP contribution in [0.5, 0.6) is 0 Å². The van der Waals surface area contributed by atoms with E-state index in [0.29, 0.717) is 31.0 Å². The molecule has 8 nitrogen and oxygen atoms in total. The van der Waals surface area contributed by atoms with Gasteiger partial charge in [-0.3, -0.25) is 14.6 Å². The maximum atomic E-state index is 13.0. The molecule has 0 bridgehead atoms. The number of urea groups is 1. The average molecular weight is 430 g/mol. The zero-order valence-corrected chi connectivity index (χ0v) is 18.4. The molecule has 1 aromatic carbocycles. The van der Waals surface area contributed by atoms with Crippen LogP contribution in [-0.4, -0.2) is 67.7 Å². The fourth-order valence-electron chi connectivity index (χ4n) is 4.16. The summed E-state index contributed by atoms with van der Waals surface area (Å²) in [5.74, 6) is -0.839. The van der Waals surface area contributed by atoms with Crippen molar-refractivity contribution >= 4 is 18.0 Å². The molecule has 2 heterocycles. The number of hydrogen-bond donors (Lipinski definition) is 1. The fourth-order valence-corrected chi connectivity index (χ4v) is 4.16. The molecule has 1 aromatic rings. The van der Waals surface area contributed by atoms with Gasteiger partial charge in [-0.1, -0.05) is 30.3 Å².